The number of fused-ring (bicyclic) bond motifs is 1. The summed E-state index contributed by atoms with van der Waals surface area (Å²) in [5, 5.41) is 13.7. The minimum absolute atomic E-state index is 0.110. The molecule has 1 N–H and O–H groups in total. The molecule has 2 aromatic rings. The fourth-order valence-electron chi connectivity index (χ4n) is 3.04. The highest BCUT2D eigenvalue weighted by atomic mass is 16.2. The van der Waals surface area contributed by atoms with E-state index in [1.165, 1.54) is 7.05 Å². The van der Waals surface area contributed by atoms with E-state index in [9.17, 15) is 9.59 Å². The van der Waals surface area contributed by atoms with Gasteiger partial charge in [0, 0.05) is 13.0 Å². The molecular weight excluding hydrogens is 276 g/mol. The van der Waals surface area contributed by atoms with Crippen LogP contribution in [0.2, 0.25) is 0 Å². The van der Waals surface area contributed by atoms with Crippen molar-refractivity contribution >= 4 is 22.5 Å². The summed E-state index contributed by atoms with van der Waals surface area (Å²) in [6, 6.07) is 15.9. The smallest absolute Gasteiger partial charge is 0.244 e. The van der Waals surface area contributed by atoms with E-state index < -0.39 is 11.8 Å². The first-order valence-corrected chi connectivity index (χ1v) is 7.30. The minimum atomic E-state index is -1.20. The number of ketones is 1. The van der Waals surface area contributed by atoms with E-state index in [0.717, 1.165) is 16.3 Å². The highest BCUT2D eigenvalue weighted by Crippen LogP contribution is 2.50. The van der Waals surface area contributed by atoms with Crippen molar-refractivity contribution in [3.63, 3.8) is 0 Å². The Morgan fingerprint density at radius 2 is 1.95 bits per heavy atom. The van der Waals surface area contributed by atoms with E-state index in [1.54, 1.807) is 0 Å². The van der Waals surface area contributed by atoms with Gasteiger partial charge in [-0.15, -0.1) is 0 Å². The third-order valence-corrected chi connectivity index (χ3v) is 4.30. The number of amides is 1. The first-order chi connectivity index (χ1) is 10.7. The van der Waals surface area contributed by atoms with E-state index in [4.69, 9.17) is 5.26 Å². The van der Waals surface area contributed by atoms with Gasteiger partial charge in [0.25, 0.3) is 0 Å². The number of benzene rings is 2. The largest absolute Gasteiger partial charge is 0.358 e. The van der Waals surface area contributed by atoms with Crippen molar-refractivity contribution in [3.8, 4) is 6.07 Å². The van der Waals surface area contributed by atoms with E-state index in [2.05, 4.69) is 5.32 Å². The molecule has 1 saturated carbocycles. The maximum Gasteiger partial charge on any atom is 0.244 e. The predicted octanol–water partition coefficient (Wildman–Crippen LogP) is 2.40. The SMILES string of the molecule is CNC(=O)[C@H](C#N)C(=O)[C@H]1C[C@@H]1c1cccc2ccccc12. The zero-order chi connectivity index (χ0) is 15.7. The molecule has 3 atom stereocenters. The Bertz CT molecular complexity index is 786. The summed E-state index contributed by atoms with van der Waals surface area (Å²) in [6.07, 6.45) is 0.710. The van der Waals surface area contributed by atoms with E-state index in [1.807, 2.05) is 48.5 Å². The average molecular weight is 292 g/mol. The first-order valence-electron chi connectivity index (χ1n) is 7.30. The van der Waals surface area contributed by atoms with Gasteiger partial charge in [0.05, 0.1) is 6.07 Å². The molecule has 0 aliphatic heterocycles. The summed E-state index contributed by atoms with van der Waals surface area (Å²) < 4.78 is 0. The molecule has 1 fully saturated rings. The molecule has 0 aromatic heterocycles. The van der Waals surface area contributed by atoms with Crippen LogP contribution >= 0.6 is 0 Å². The van der Waals surface area contributed by atoms with Crippen molar-refractivity contribution in [1.29, 1.82) is 5.26 Å². The van der Waals surface area contributed by atoms with Crippen molar-refractivity contribution in [3.05, 3.63) is 48.0 Å². The van der Waals surface area contributed by atoms with Crippen LogP contribution in [0.15, 0.2) is 42.5 Å². The van der Waals surface area contributed by atoms with E-state index in [0.29, 0.717) is 6.42 Å². The number of nitrogens with one attached hydrogen (secondary N) is 1. The molecule has 0 saturated heterocycles. The van der Waals surface area contributed by atoms with E-state index >= 15 is 0 Å². The van der Waals surface area contributed by atoms with Gasteiger partial charge in [-0.25, -0.2) is 0 Å². The van der Waals surface area contributed by atoms with Gasteiger partial charge in [-0.2, -0.15) is 5.26 Å². The first kappa shape index (κ1) is 14.3. The molecule has 2 aromatic carbocycles. The second kappa shape index (κ2) is 5.61. The maximum absolute atomic E-state index is 12.4. The van der Waals surface area contributed by atoms with Crippen LogP contribution in [0.3, 0.4) is 0 Å². The highest BCUT2D eigenvalue weighted by molar-refractivity contribution is 6.06. The molecule has 4 heteroatoms. The zero-order valence-electron chi connectivity index (χ0n) is 12.2. The normalized spacial score (nSPS) is 20.9. The van der Waals surface area contributed by atoms with Crippen LogP contribution < -0.4 is 5.32 Å². The lowest BCUT2D eigenvalue weighted by Gasteiger charge is -2.08. The summed E-state index contributed by atoms with van der Waals surface area (Å²) in [5.74, 6) is -2.10. The van der Waals surface area contributed by atoms with Gasteiger partial charge >= 0.3 is 0 Å². The Kier molecular flexibility index (Phi) is 3.64. The van der Waals surface area contributed by atoms with Gasteiger partial charge < -0.3 is 5.32 Å². The van der Waals surface area contributed by atoms with Crippen LogP contribution in [0.5, 0.6) is 0 Å². The molecule has 0 radical (unpaired) electrons. The Morgan fingerprint density at radius 1 is 1.23 bits per heavy atom. The van der Waals surface area contributed by atoms with Crippen molar-refractivity contribution in [2.45, 2.75) is 12.3 Å². The van der Waals surface area contributed by atoms with Gasteiger partial charge in [0.15, 0.2) is 11.7 Å². The quantitative estimate of drug-likeness (QED) is 0.880. The van der Waals surface area contributed by atoms with Crippen LogP contribution in [0.25, 0.3) is 10.8 Å². The second-order valence-electron chi connectivity index (χ2n) is 5.60. The van der Waals surface area contributed by atoms with Crippen LogP contribution in [-0.4, -0.2) is 18.7 Å². The molecular formula is C18H16N2O2. The number of rotatable bonds is 4. The minimum Gasteiger partial charge on any atom is -0.358 e. The summed E-state index contributed by atoms with van der Waals surface area (Å²) in [4.78, 5) is 24.0. The van der Waals surface area contributed by atoms with Crippen molar-refractivity contribution in [2.24, 2.45) is 11.8 Å². The number of hydrogen-bond donors (Lipinski definition) is 1. The fraction of sp³-hybridized carbons (Fsp3) is 0.278. The molecule has 110 valence electrons. The summed E-state index contributed by atoms with van der Waals surface area (Å²) in [5.41, 5.74) is 1.13. The maximum atomic E-state index is 12.4. The third-order valence-electron chi connectivity index (χ3n) is 4.30. The van der Waals surface area contributed by atoms with Gasteiger partial charge in [-0.1, -0.05) is 42.5 Å². The fourth-order valence-corrected chi connectivity index (χ4v) is 3.04. The summed E-state index contributed by atoms with van der Waals surface area (Å²) in [6.45, 7) is 0. The predicted molar refractivity (Wildman–Crippen MR) is 83.0 cm³/mol. The standard InChI is InChI=1S/C18H16N2O2/c1-20-18(22)16(10-19)17(21)15-9-14(15)13-8-4-6-11-5-2-3-7-12(11)13/h2-8,14-16H,9H2,1H3,(H,20,22)/t14-,15+,16-/m1/s1. The Balaban J connectivity index is 1.86. The van der Waals surface area contributed by atoms with Crippen LogP contribution in [0, 0.1) is 23.2 Å². The molecule has 4 nitrogen and oxygen atoms in total. The van der Waals surface area contributed by atoms with E-state index in [-0.39, 0.29) is 17.6 Å². The van der Waals surface area contributed by atoms with Gasteiger partial charge in [-0.05, 0) is 28.7 Å². The number of Topliss-reactive ketones (excluding diaryl/α,β-unsaturated/α-hetero) is 1. The zero-order valence-corrected chi connectivity index (χ0v) is 12.2. The molecule has 0 heterocycles. The van der Waals surface area contributed by atoms with Crippen molar-refractivity contribution in [1.82, 2.24) is 5.32 Å². The van der Waals surface area contributed by atoms with Gasteiger partial charge in [0.1, 0.15) is 0 Å². The molecule has 1 aliphatic carbocycles. The van der Waals surface area contributed by atoms with Crippen LogP contribution in [-0.2, 0) is 9.59 Å². The lowest BCUT2D eigenvalue weighted by Crippen LogP contribution is -2.33. The topological polar surface area (TPSA) is 70.0 Å². The molecule has 3 rings (SSSR count). The number of carbonyl (C=O) groups excluding carboxylic acids is 2. The van der Waals surface area contributed by atoms with Crippen molar-refractivity contribution < 1.29 is 9.59 Å². The Hall–Kier alpha value is -2.67. The number of nitriles is 1. The molecule has 0 spiro atoms. The Labute approximate surface area is 128 Å². The molecule has 22 heavy (non-hydrogen) atoms. The van der Waals surface area contributed by atoms with Crippen LogP contribution in [0.1, 0.15) is 17.9 Å². The van der Waals surface area contributed by atoms with Crippen molar-refractivity contribution in [2.75, 3.05) is 7.05 Å². The van der Waals surface area contributed by atoms with Gasteiger partial charge in [-0.3, -0.25) is 9.59 Å². The number of hydrogen-bond acceptors (Lipinski definition) is 3. The molecule has 0 bridgehead atoms. The summed E-state index contributed by atoms with van der Waals surface area (Å²) in [7, 11) is 1.44. The monoisotopic (exact) mass is 292 g/mol. The lowest BCUT2D eigenvalue weighted by atomic mass is 9.95. The molecule has 0 unspecified atom stereocenters. The lowest BCUT2D eigenvalue weighted by molar-refractivity contribution is -0.132. The third kappa shape index (κ3) is 2.35. The summed E-state index contributed by atoms with van der Waals surface area (Å²) >= 11 is 0. The number of nitrogens with zero attached hydrogens (tertiary/aromatic N) is 1. The Morgan fingerprint density at radius 3 is 2.68 bits per heavy atom. The highest BCUT2D eigenvalue weighted by Gasteiger charge is 2.48. The molecule has 1 aliphatic rings. The number of carbonyl (C=O) groups is 2. The molecule has 1 amide bonds. The van der Waals surface area contributed by atoms with Crippen LogP contribution in [0.4, 0.5) is 0 Å². The van der Waals surface area contributed by atoms with Gasteiger partial charge in [0.2, 0.25) is 5.91 Å². The second-order valence-corrected chi connectivity index (χ2v) is 5.60. The average Bonchev–Trinajstić information content (AvgIpc) is 3.35.